The molecule has 0 saturated carbocycles. The molecule has 5 heteroatoms. The molecule has 0 amide bonds. The second-order valence-corrected chi connectivity index (χ2v) is 13.1. The minimum atomic E-state index is -0.374. The summed E-state index contributed by atoms with van der Waals surface area (Å²) in [7, 11) is -0.164. The first-order valence-electron chi connectivity index (χ1n) is 17.9. The van der Waals surface area contributed by atoms with E-state index < -0.39 is 0 Å². The Hall–Kier alpha value is -0.0200. The lowest BCUT2D eigenvalue weighted by atomic mass is 10.0. The minimum absolute atomic E-state index is 0.0856. The molecule has 0 bridgehead atoms. The highest BCUT2D eigenvalue weighted by molar-refractivity contribution is 7.53. The molecule has 240 valence electrons. The van der Waals surface area contributed by atoms with E-state index in [2.05, 4.69) is 13.8 Å². The largest absolute Gasteiger partial charge is 0.394 e. The number of ether oxygens (including phenoxy) is 1. The zero-order chi connectivity index (χ0) is 29.2. The van der Waals surface area contributed by atoms with Crippen LogP contribution >= 0.6 is 8.81 Å². The molecule has 0 saturated heterocycles. The van der Waals surface area contributed by atoms with Crippen LogP contribution < -0.4 is 0 Å². The van der Waals surface area contributed by atoms with Gasteiger partial charge >= 0.3 is 0 Å². The Morgan fingerprint density at radius 3 is 1.27 bits per heavy atom. The van der Waals surface area contributed by atoms with Gasteiger partial charge in [-0.15, -0.1) is 0 Å². The molecule has 40 heavy (non-hydrogen) atoms. The van der Waals surface area contributed by atoms with Crippen LogP contribution in [0.5, 0.6) is 0 Å². The Balaban J connectivity index is 3.38. The van der Waals surface area contributed by atoms with Crippen molar-refractivity contribution in [3.63, 3.8) is 0 Å². The van der Waals surface area contributed by atoms with E-state index in [1.165, 1.54) is 154 Å². The summed E-state index contributed by atoms with van der Waals surface area (Å²) in [6.07, 6.45) is 36.2. The van der Waals surface area contributed by atoms with Crippen molar-refractivity contribution in [2.24, 2.45) is 0 Å². The van der Waals surface area contributed by atoms with Crippen LogP contribution in [0.3, 0.4) is 0 Å². The molecule has 4 nitrogen and oxygen atoms in total. The number of carbonyl (C=O) groups excluding carboxylic acids is 1. The van der Waals surface area contributed by atoms with Crippen LogP contribution in [0.25, 0.3) is 0 Å². The zero-order valence-electron chi connectivity index (χ0n) is 27.2. The van der Waals surface area contributed by atoms with Crippen LogP contribution in [-0.4, -0.2) is 36.6 Å². The molecule has 0 aliphatic rings. The predicted molar refractivity (Wildman–Crippen MR) is 177 cm³/mol. The van der Waals surface area contributed by atoms with Crippen LogP contribution in [0.2, 0.25) is 0 Å². The van der Waals surface area contributed by atoms with Gasteiger partial charge < -0.3 is 14.4 Å². The zero-order valence-corrected chi connectivity index (χ0v) is 28.2. The number of rotatable bonds is 35. The average molecular weight is 587 g/mol. The predicted octanol–water partition coefficient (Wildman–Crippen LogP) is 11.5. The number of aliphatic hydroxyl groups excluding tert-OH is 1. The first-order valence-corrected chi connectivity index (χ1v) is 18.8. The Kier molecular flexibility index (Phi) is 35.2. The maximum Gasteiger partial charge on any atom is 0.178 e. The summed E-state index contributed by atoms with van der Waals surface area (Å²) < 4.78 is 11.4. The SMILES string of the molecule is CCCCCCCCCCCCCCCCOCC(CO)OPC(=O)CCCCCCCCCCCCCCC. The highest BCUT2D eigenvalue weighted by Crippen LogP contribution is 2.21. The molecule has 1 N–H and O–H groups in total. The molecule has 2 atom stereocenters. The van der Waals surface area contributed by atoms with Gasteiger partial charge in [0.2, 0.25) is 0 Å². The highest BCUT2D eigenvalue weighted by Gasteiger charge is 2.11. The Morgan fingerprint density at radius 1 is 0.550 bits per heavy atom. The lowest BCUT2D eigenvalue weighted by Crippen LogP contribution is -2.22. The van der Waals surface area contributed by atoms with Crippen molar-refractivity contribution in [2.45, 2.75) is 200 Å². The van der Waals surface area contributed by atoms with Crippen molar-refractivity contribution < 1.29 is 19.2 Å². The summed E-state index contributed by atoms with van der Waals surface area (Å²) >= 11 is 0. The van der Waals surface area contributed by atoms with Gasteiger partial charge in [0.05, 0.1) is 22.0 Å². The van der Waals surface area contributed by atoms with Crippen molar-refractivity contribution >= 4 is 14.3 Å². The molecule has 0 aromatic heterocycles. The van der Waals surface area contributed by atoms with E-state index in [4.69, 9.17) is 9.26 Å². The highest BCUT2D eigenvalue weighted by atomic mass is 31.1. The molecule has 0 fully saturated rings. The number of aliphatic hydroxyl groups is 1. The Labute approximate surface area is 252 Å². The fourth-order valence-electron chi connectivity index (χ4n) is 5.24. The van der Waals surface area contributed by atoms with Gasteiger partial charge in [-0.1, -0.05) is 174 Å². The molecular weight excluding hydrogens is 515 g/mol. The van der Waals surface area contributed by atoms with E-state index in [1.54, 1.807) is 0 Å². The van der Waals surface area contributed by atoms with Gasteiger partial charge in [0.15, 0.2) is 5.52 Å². The Bertz CT molecular complexity index is 488. The fraction of sp³-hybridized carbons (Fsp3) is 0.971. The standard InChI is InChI=1S/C35H71O4P/c1-3-5-7-9-11-13-15-17-19-21-23-25-27-29-31-38-33-34(32-36)39-40-35(37)30-28-26-24-22-20-18-16-14-12-10-8-6-4-2/h34,36,40H,3-33H2,1-2H3. The molecule has 0 aliphatic carbocycles. The van der Waals surface area contributed by atoms with E-state index in [0.29, 0.717) is 19.6 Å². The third kappa shape index (κ3) is 32.5. The van der Waals surface area contributed by atoms with Crippen molar-refractivity contribution in [2.75, 3.05) is 19.8 Å². The van der Waals surface area contributed by atoms with Crippen LogP contribution in [-0.2, 0) is 14.1 Å². The van der Waals surface area contributed by atoms with Crippen LogP contribution in [0.4, 0.5) is 0 Å². The number of carbonyl (C=O) groups is 1. The van der Waals surface area contributed by atoms with E-state index in [-0.39, 0.29) is 27.0 Å². The molecule has 0 aromatic carbocycles. The van der Waals surface area contributed by atoms with E-state index in [1.807, 2.05) is 0 Å². The number of hydrogen-bond donors (Lipinski definition) is 1. The van der Waals surface area contributed by atoms with Crippen LogP contribution in [0, 0.1) is 0 Å². The van der Waals surface area contributed by atoms with Crippen molar-refractivity contribution in [1.82, 2.24) is 0 Å². The van der Waals surface area contributed by atoms with Gasteiger partial charge in [0, 0.05) is 13.0 Å². The van der Waals surface area contributed by atoms with Gasteiger partial charge in [0.1, 0.15) is 6.10 Å². The number of unbranched alkanes of at least 4 members (excludes halogenated alkanes) is 25. The number of hydrogen-bond acceptors (Lipinski definition) is 4. The molecule has 0 rings (SSSR count). The minimum Gasteiger partial charge on any atom is -0.394 e. The third-order valence-electron chi connectivity index (χ3n) is 8.00. The smallest absolute Gasteiger partial charge is 0.178 e. The maximum atomic E-state index is 12.2. The van der Waals surface area contributed by atoms with Crippen molar-refractivity contribution in [3.05, 3.63) is 0 Å². The average Bonchev–Trinajstić information content (AvgIpc) is 2.96. The van der Waals surface area contributed by atoms with Gasteiger partial charge in [-0.05, 0) is 12.8 Å². The molecule has 0 aromatic rings. The van der Waals surface area contributed by atoms with Crippen LogP contribution in [0.15, 0.2) is 0 Å². The molecule has 0 spiro atoms. The summed E-state index contributed by atoms with van der Waals surface area (Å²) in [6, 6.07) is 0. The quantitative estimate of drug-likeness (QED) is 0.0593. The normalized spacial score (nSPS) is 12.6. The summed E-state index contributed by atoms with van der Waals surface area (Å²) in [4.78, 5) is 12.2. The first-order chi connectivity index (χ1) is 19.7. The summed E-state index contributed by atoms with van der Waals surface area (Å²) in [6.45, 7) is 5.57. The topological polar surface area (TPSA) is 55.8 Å². The molecule has 0 aliphatic heterocycles. The molecular formula is C35H71O4P. The van der Waals surface area contributed by atoms with Crippen LogP contribution in [0.1, 0.15) is 194 Å². The first kappa shape index (κ1) is 40.0. The maximum absolute atomic E-state index is 12.2. The third-order valence-corrected chi connectivity index (χ3v) is 8.93. The van der Waals surface area contributed by atoms with E-state index in [0.717, 1.165) is 19.3 Å². The van der Waals surface area contributed by atoms with E-state index >= 15 is 0 Å². The lowest BCUT2D eigenvalue weighted by molar-refractivity contribution is -0.112. The second-order valence-electron chi connectivity index (χ2n) is 12.1. The molecule has 2 unspecified atom stereocenters. The Morgan fingerprint density at radius 2 is 0.900 bits per heavy atom. The lowest BCUT2D eigenvalue weighted by Gasteiger charge is -2.15. The summed E-state index contributed by atoms with van der Waals surface area (Å²) in [5.41, 5.74) is 0.175. The van der Waals surface area contributed by atoms with E-state index in [9.17, 15) is 9.90 Å². The molecule has 0 radical (unpaired) electrons. The monoisotopic (exact) mass is 587 g/mol. The summed E-state index contributed by atoms with van der Waals surface area (Å²) in [5, 5.41) is 9.55. The van der Waals surface area contributed by atoms with Crippen molar-refractivity contribution in [1.29, 1.82) is 0 Å². The fourth-order valence-corrected chi connectivity index (χ4v) is 5.96. The van der Waals surface area contributed by atoms with Gasteiger partial charge in [-0.3, -0.25) is 4.79 Å². The van der Waals surface area contributed by atoms with Gasteiger partial charge in [-0.2, -0.15) is 0 Å². The van der Waals surface area contributed by atoms with Gasteiger partial charge in [-0.25, -0.2) is 0 Å². The summed E-state index contributed by atoms with van der Waals surface area (Å²) in [5.74, 6) is 0. The van der Waals surface area contributed by atoms with Gasteiger partial charge in [0.25, 0.3) is 0 Å². The second kappa shape index (κ2) is 35.2. The molecule has 0 heterocycles. The van der Waals surface area contributed by atoms with Crippen molar-refractivity contribution in [3.8, 4) is 0 Å².